The molecule has 1 heterocycles. The summed E-state index contributed by atoms with van der Waals surface area (Å²) in [5.74, 6) is 2.08. The van der Waals surface area contributed by atoms with Crippen LogP contribution in [0.4, 0.5) is 11.6 Å². The highest BCUT2D eigenvalue weighted by Gasteiger charge is 2.24. The standard InChI is InChI=1S/C16H28N4O/c1-4-17-15-14(11(2)3)16(19-10-18-15)20-12-8-6-5-7-9-13(12)21/h10-13,21H,4-9H2,1-3H3,(H2,17,18,19,20). The number of hydrogen-bond donors (Lipinski definition) is 3. The van der Waals surface area contributed by atoms with Gasteiger partial charge in [0, 0.05) is 12.1 Å². The first-order valence-electron chi connectivity index (χ1n) is 8.16. The Morgan fingerprint density at radius 1 is 1.19 bits per heavy atom. The predicted molar refractivity (Wildman–Crippen MR) is 86.8 cm³/mol. The quantitative estimate of drug-likeness (QED) is 0.727. The van der Waals surface area contributed by atoms with Crippen LogP contribution in [0.5, 0.6) is 0 Å². The first-order chi connectivity index (χ1) is 10.1. The third-order valence-electron chi connectivity index (χ3n) is 4.11. The summed E-state index contributed by atoms with van der Waals surface area (Å²) in [6.07, 6.45) is 6.66. The molecule has 1 saturated carbocycles. The van der Waals surface area contributed by atoms with E-state index in [1.54, 1.807) is 6.33 Å². The average Bonchev–Trinajstić information content (AvgIpc) is 2.64. The lowest BCUT2D eigenvalue weighted by Crippen LogP contribution is -2.33. The summed E-state index contributed by atoms with van der Waals surface area (Å²) in [5.41, 5.74) is 1.11. The van der Waals surface area contributed by atoms with Gasteiger partial charge in [0.25, 0.3) is 0 Å². The van der Waals surface area contributed by atoms with Crippen molar-refractivity contribution in [3.05, 3.63) is 11.9 Å². The third kappa shape index (κ3) is 4.06. The first kappa shape index (κ1) is 16.0. The van der Waals surface area contributed by atoms with E-state index in [9.17, 15) is 5.11 Å². The highest BCUT2D eigenvalue weighted by molar-refractivity contribution is 5.59. The van der Waals surface area contributed by atoms with Crippen LogP contribution in [-0.2, 0) is 0 Å². The topological polar surface area (TPSA) is 70.1 Å². The minimum absolute atomic E-state index is 0.0920. The summed E-state index contributed by atoms with van der Waals surface area (Å²) >= 11 is 0. The minimum atomic E-state index is -0.287. The summed E-state index contributed by atoms with van der Waals surface area (Å²) in [4.78, 5) is 8.78. The fourth-order valence-electron chi connectivity index (χ4n) is 3.00. The molecule has 118 valence electrons. The molecule has 0 aliphatic heterocycles. The van der Waals surface area contributed by atoms with Crippen molar-refractivity contribution in [2.24, 2.45) is 0 Å². The Labute approximate surface area is 127 Å². The van der Waals surface area contributed by atoms with Gasteiger partial charge in [-0.25, -0.2) is 9.97 Å². The Hall–Kier alpha value is -1.36. The van der Waals surface area contributed by atoms with Crippen LogP contribution in [0.15, 0.2) is 6.33 Å². The van der Waals surface area contributed by atoms with E-state index >= 15 is 0 Å². The molecular formula is C16H28N4O. The van der Waals surface area contributed by atoms with Crippen molar-refractivity contribution in [1.82, 2.24) is 9.97 Å². The molecule has 5 heteroatoms. The fraction of sp³-hybridized carbons (Fsp3) is 0.750. The number of hydrogen-bond acceptors (Lipinski definition) is 5. The van der Waals surface area contributed by atoms with Crippen molar-refractivity contribution < 1.29 is 5.11 Å². The van der Waals surface area contributed by atoms with Gasteiger partial charge < -0.3 is 15.7 Å². The SMILES string of the molecule is CCNc1ncnc(NC2CCCCCC2O)c1C(C)C. The molecule has 21 heavy (non-hydrogen) atoms. The smallest absolute Gasteiger partial charge is 0.135 e. The number of nitrogens with zero attached hydrogens (tertiary/aromatic N) is 2. The van der Waals surface area contributed by atoms with E-state index < -0.39 is 0 Å². The lowest BCUT2D eigenvalue weighted by molar-refractivity contribution is 0.144. The number of aliphatic hydroxyl groups excluding tert-OH is 1. The van der Waals surface area contributed by atoms with Gasteiger partial charge in [0.15, 0.2) is 0 Å². The molecule has 0 bridgehead atoms. The molecule has 1 aromatic heterocycles. The summed E-state index contributed by atoms with van der Waals surface area (Å²) in [7, 11) is 0. The van der Waals surface area contributed by atoms with Gasteiger partial charge in [-0.05, 0) is 25.7 Å². The van der Waals surface area contributed by atoms with Crippen LogP contribution < -0.4 is 10.6 Å². The second-order valence-electron chi connectivity index (χ2n) is 6.13. The number of anilines is 2. The lowest BCUT2D eigenvalue weighted by atomic mass is 10.0. The Balaban J connectivity index is 2.23. The molecule has 1 fully saturated rings. The van der Waals surface area contributed by atoms with Crippen molar-refractivity contribution in [2.45, 2.75) is 70.9 Å². The maximum Gasteiger partial charge on any atom is 0.135 e. The van der Waals surface area contributed by atoms with Crippen LogP contribution in [0.2, 0.25) is 0 Å². The van der Waals surface area contributed by atoms with E-state index in [1.165, 1.54) is 6.42 Å². The molecule has 1 aliphatic rings. The minimum Gasteiger partial charge on any atom is -0.391 e. The Morgan fingerprint density at radius 2 is 1.90 bits per heavy atom. The molecule has 2 unspecified atom stereocenters. The zero-order valence-corrected chi connectivity index (χ0v) is 13.4. The van der Waals surface area contributed by atoms with Crippen LogP contribution in [0.1, 0.15) is 64.4 Å². The number of aliphatic hydroxyl groups is 1. The van der Waals surface area contributed by atoms with Crippen LogP contribution in [0.3, 0.4) is 0 Å². The molecule has 2 rings (SSSR count). The molecule has 5 nitrogen and oxygen atoms in total. The van der Waals surface area contributed by atoms with Crippen molar-refractivity contribution in [1.29, 1.82) is 0 Å². The largest absolute Gasteiger partial charge is 0.391 e. The average molecular weight is 292 g/mol. The molecule has 1 aliphatic carbocycles. The van der Waals surface area contributed by atoms with Crippen molar-refractivity contribution in [2.75, 3.05) is 17.2 Å². The van der Waals surface area contributed by atoms with Gasteiger partial charge in [0.05, 0.1) is 12.1 Å². The van der Waals surface area contributed by atoms with Gasteiger partial charge in [-0.3, -0.25) is 0 Å². The third-order valence-corrected chi connectivity index (χ3v) is 4.11. The van der Waals surface area contributed by atoms with E-state index in [1.807, 2.05) is 0 Å². The molecule has 0 aromatic carbocycles. The normalized spacial score (nSPS) is 22.9. The van der Waals surface area contributed by atoms with Gasteiger partial charge in [-0.1, -0.05) is 33.1 Å². The molecular weight excluding hydrogens is 264 g/mol. The zero-order chi connectivity index (χ0) is 15.2. The van der Waals surface area contributed by atoms with Crippen molar-refractivity contribution in [3.8, 4) is 0 Å². The first-order valence-corrected chi connectivity index (χ1v) is 8.16. The van der Waals surface area contributed by atoms with Crippen LogP contribution in [0.25, 0.3) is 0 Å². The number of nitrogens with one attached hydrogen (secondary N) is 2. The van der Waals surface area contributed by atoms with Gasteiger partial charge >= 0.3 is 0 Å². The molecule has 0 radical (unpaired) electrons. The summed E-state index contributed by atoms with van der Waals surface area (Å²) in [5, 5.41) is 17.1. The summed E-state index contributed by atoms with van der Waals surface area (Å²) in [6.45, 7) is 7.19. The highest BCUT2D eigenvalue weighted by atomic mass is 16.3. The Bertz CT molecular complexity index is 450. The van der Waals surface area contributed by atoms with Gasteiger partial charge in [-0.2, -0.15) is 0 Å². The molecule has 0 saturated heterocycles. The Kier molecular flexibility index (Phi) is 5.79. The van der Waals surface area contributed by atoms with Gasteiger partial charge in [0.2, 0.25) is 0 Å². The highest BCUT2D eigenvalue weighted by Crippen LogP contribution is 2.30. The maximum absolute atomic E-state index is 10.3. The van der Waals surface area contributed by atoms with E-state index in [0.29, 0.717) is 5.92 Å². The van der Waals surface area contributed by atoms with Crippen LogP contribution >= 0.6 is 0 Å². The predicted octanol–water partition coefficient (Wildman–Crippen LogP) is 3.14. The van der Waals surface area contributed by atoms with E-state index in [2.05, 4.69) is 41.4 Å². The monoisotopic (exact) mass is 292 g/mol. The number of rotatable bonds is 5. The van der Waals surface area contributed by atoms with Crippen molar-refractivity contribution in [3.63, 3.8) is 0 Å². The molecule has 3 N–H and O–H groups in total. The van der Waals surface area contributed by atoms with Gasteiger partial charge in [0.1, 0.15) is 18.0 Å². The number of aromatic nitrogens is 2. The van der Waals surface area contributed by atoms with E-state index in [-0.39, 0.29) is 12.1 Å². The van der Waals surface area contributed by atoms with Crippen molar-refractivity contribution >= 4 is 11.6 Å². The molecule has 0 amide bonds. The second kappa shape index (κ2) is 7.59. The second-order valence-corrected chi connectivity index (χ2v) is 6.13. The fourth-order valence-corrected chi connectivity index (χ4v) is 3.00. The van der Waals surface area contributed by atoms with E-state index in [0.717, 1.165) is 49.4 Å². The molecule has 2 atom stereocenters. The zero-order valence-electron chi connectivity index (χ0n) is 13.4. The van der Waals surface area contributed by atoms with Crippen LogP contribution in [-0.4, -0.2) is 33.8 Å². The van der Waals surface area contributed by atoms with Crippen LogP contribution in [0, 0.1) is 0 Å². The lowest BCUT2D eigenvalue weighted by Gasteiger charge is -2.25. The molecule has 0 spiro atoms. The maximum atomic E-state index is 10.3. The summed E-state index contributed by atoms with van der Waals surface area (Å²) in [6, 6.07) is 0.0920. The summed E-state index contributed by atoms with van der Waals surface area (Å²) < 4.78 is 0. The van der Waals surface area contributed by atoms with E-state index in [4.69, 9.17) is 0 Å². The molecule has 1 aromatic rings. The van der Waals surface area contributed by atoms with Gasteiger partial charge in [-0.15, -0.1) is 0 Å². The Morgan fingerprint density at radius 3 is 2.62 bits per heavy atom.